The zero-order valence-corrected chi connectivity index (χ0v) is 7.92. The second-order valence-corrected chi connectivity index (χ2v) is 2.94. The first-order chi connectivity index (χ1) is 7.43. The molecule has 0 unspecified atom stereocenters. The van der Waals surface area contributed by atoms with Gasteiger partial charge in [-0.25, -0.2) is 9.18 Å². The molecule has 1 aliphatic heterocycles. The van der Waals surface area contributed by atoms with Gasteiger partial charge in [0, 0.05) is 12.1 Å². The summed E-state index contributed by atoms with van der Waals surface area (Å²) in [5.41, 5.74) is -0.498. The largest absolute Gasteiger partial charge is 0.586 e. The van der Waals surface area contributed by atoms with Crippen molar-refractivity contribution in [3.63, 3.8) is 0 Å². The number of ether oxygens (including phenoxy) is 3. The molecule has 0 saturated heterocycles. The van der Waals surface area contributed by atoms with Crippen molar-refractivity contribution < 1.29 is 32.2 Å². The predicted molar refractivity (Wildman–Crippen MR) is 43.9 cm³/mol. The molecule has 86 valence electrons. The van der Waals surface area contributed by atoms with Gasteiger partial charge in [-0.15, -0.1) is 8.78 Å². The van der Waals surface area contributed by atoms with Crippen LogP contribution in [-0.4, -0.2) is 19.4 Å². The lowest BCUT2D eigenvalue weighted by atomic mass is 10.2. The van der Waals surface area contributed by atoms with Crippen molar-refractivity contribution in [3.05, 3.63) is 23.5 Å². The maximum absolute atomic E-state index is 13.3. The first-order valence-corrected chi connectivity index (χ1v) is 4.10. The fourth-order valence-electron chi connectivity index (χ4n) is 1.24. The zero-order chi connectivity index (χ0) is 11.9. The van der Waals surface area contributed by atoms with E-state index in [0.717, 1.165) is 13.2 Å². The average molecular weight is 234 g/mol. The highest BCUT2D eigenvalue weighted by Gasteiger charge is 2.44. The summed E-state index contributed by atoms with van der Waals surface area (Å²) in [5, 5.41) is 0. The van der Waals surface area contributed by atoms with Gasteiger partial charge in [0.15, 0.2) is 11.5 Å². The quantitative estimate of drug-likeness (QED) is 0.696. The van der Waals surface area contributed by atoms with E-state index in [9.17, 15) is 18.0 Å². The number of carbonyl (C=O) groups excluding carboxylic acids is 1. The number of hydrogen-bond acceptors (Lipinski definition) is 4. The van der Waals surface area contributed by atoms with Crippen LogP contribution in [-0.2, 0) is 4.74 Å². The third-order valence-electron chi connectivity index (χ3n) is 1.90. The number of hydrogen-bond donors (Lipinski definition) is 0. The van der Waals surface area contributed by atoms with Crippen molar-refractivity contribution in [2.45, 2.75) is 6.29 Å². The van der Waals surface area contributed by atoms with Gasteiger partial charge >= 0.3 is 12.3 Å². The van der Waals surface area contributed by atoms with Crippen LogP contribution >= 0.6 is 0 Å². The second-order valence-electron chi connectivity index (χ2n) is 2.94. The van der Waals surface area contributed by atoms with Crippen molar-refractivity contribution in [2.75, 3.05) is 7.11 Å². The molecular weight excluding hydrogens is 229 g/mol. The Balaban J connectivity index is 2.45. The molecule has 2 rings (SSSR count). The van der Waals surface area contributed by atoms with E-state index in [0.29, 0.717) is 6.07 Å². The molecule has 4 nitrogen and oxygen atoms in total. The summed E-state index contributed by atoms with van der Waals surface area (Å²) in [6.07, 6.45) is -3.84. The van der Waals surface area contributed by atoms with Crippen LogP contribution in [0.25, 0.3) is 0 Å². The maximum atomic E-state index is 13.3. The van der Waals surface area contributed by atoms with E-state index in [1.807, 2.05) is 0 Å². The first-order valence-electron chi connectivity index (χ1n) is 4.10. The highest BCUT2D eigenvalue weighted by atomic mass is 19.3. The van der Waals surface area contributed by atoms with Crippen molar-refractivity contribution in [3.8, 4) is 11.5 Å². The Labute approximate surface area is 87.5 Å². The molecule has 0 amide bonds. The Kier molecular flexibility index (Phi) is 2.18. The molecule has 0 aliphatic carbocycles. The average Bonchev–Trinajstić information content (AvgIpc) is 2.48. The number of benzene rings is 1. The van der Waals surface area contributed by atoms with Crippen LogP contribution in [0.2, 0.25) is 0 Å². The van der Waals surface area contributed by atoms with Gasteiger partial charge < -0.3 is 14.2 Å². The van der Waals surface area contributed by atoms with Gasteiger partial charge in [0.05, 0.1) is 12.7 Å². The Morgan fingerprint density at radius 3 is 2.44 bits per heavy atom. The van der Waals surface area contributed by atoms with Gasteiger partial charge in [-0.05, 0) is 0 Å². The number of fused-ring (bicyclic) bond motifs is 1. The summed E-state index contributed by atoms with van der Waals surface area (Å²) in [4.78, 5) is 11.0. The Bertz CT molecular complexity index is 458. The number of esters is 1. The van der Waals surface area contributed by atoms with E-state index >= 15 is 0 Å². The second kappa shape index (κ2) is 3.29. The molecule has 0 aromatic heterocycles. The van der Waals surface area contributed by atoms with Crippen LogP contribution in [0.5, 0.6) is 11.5 Å². The summed E-state index contributed by atoms with van der Waals surface area (Å²) in [7, 11) is 1.04. The van der Waals surface area contributed by atoms with Crippen LogP contribution in [0, 0.1) is 5.82 Å². The normalized spacial score (nSPS) is 16.0. The summed E-state index contributed by atoms with van der Waals surface area (Å²) in [5.74, 6) is -2.88. The lowest BCUT2D eigenvalue weighted by Gasteiger charge is -2.04. The minimum absolute atomic E-state index is 0.410. The van der Waals surface area contributed by atoms with Gasteiger partial charge in [0.25, 0.3) is 0 Å². The molecule has 1 aromatic rings. The van der Waals surface area contributed by atoms with Crippen molar-refractivity contribution in [1.82, 2.24) is 0 Å². The monoisotopic (exact) mass is 234 g/mol. The highest BCUT2D eigenvalue weighted by Crippen LogP contribution is 2.42. The molecule has 0 saturated carbocycles. The molecule has 0 N–H and O–H groups in total. The smallest absolute Gasteiger partial charge is 0.465 e. The lowest BCUT2D eigenvalue weighted by Crippen LogP contribution is -2.25. The molecule has 0 radical (unpaired) electrons. The molecule has 1 heterocycles. The molecule has 7 heteroatoms. The minimum Gasteiger partial charge on any atom is -0.465 e. The molecule has 16 heavy (non-hydrogen) atoms. The van der Waals surface area contributed by atoms with E-state index in [1.54, 1.807) is 0 Å². The van der Waals surface area contributed by atoms with Crippen LogP contribution in [0.4, 0.5) is 13.2 Å². The SMILES string of the molecule is COC(=O)c1cc2c(cc1F)OC(F)(F)O2. The van der Waals surface area contributed by atoms with E-state index in [4.69, 9.17) is 0 Å². The van der Waals surface area contributed by atoms with Crippen LogP contribution in [0.15, 0.2) is 12.1 Å². The van der Waals surface area contributed by atoms with Gasteiger partial charge in [-0.3, -0.25) is 0 Å². The summed E-state index contributed by atoms with van der Waals surface area (Å²) < 4.78 is 50.8. The topological polar surface area (TPSA) is 44.8 Å². The zero-order valence-electron chi connectivity index (χ0n) is 7.92. The van der Waals surface area contributed by atoms with Crippen molar-refractivity contribution >= 4 is 5.97 Å². The third kappa shape index (κ3) is 1.64. The standard InChI is InChI=1S/C9H5F3O4/c1-14-8(13)4-2-6-7(3-5(4)10)16-9(11,12)15-6/h2-3H,1H3. The Morgan fingerprint density at radius 1 is 1.31 bits per heavy atom. The number of halogens is 3. The number of rotatable bonds is 1. The summed E-state index contributed by atoms with van der Waals surface area (Å²) in [6.45, 7) is 0. The van der Waals surface area contributed by atoms with Crippen molar-refractivity contribution in [2.24, 2.45) is 0 Å². The Morgan fingerprint density at radius 2 is 1.88 bits per heavy atom. The van der Waals surface area contributed by atoms with E-state index < -0.39 is 35.1 Å². The van der Waals surface area contributed by atoms with E-state index in [-0.39, 0.29) is 0 Å². The molecular formula is C9H5F3O4. The highest BCUT2D eigenvalue weighted by molar-refractivity contribution is 5.90. The molecule has 1 aromatic carbocycles. The molecule has 0 fully saturated rings. The first kappa shape index (κ1) is 10.6. The van der Waals surface area contributed by atoms with Gasteiger partial charge in [0.1, 0.15) is 5.82 Å². The number of methoxy groups -OCH3 is 1. The predicted octanol–water partition coefficient (Wildman–Crippen LogP) is 1.93. The van der Waals surface area contributed by atoms with Crippen LogP contribution in [0.1, 0.15) is 10.4 Å². The fourth-order valence-corrected chi connectivity index (χ4v) is 1.24. The molecule has 0 bridgehead atoms. The molecule has 0 atom stereocenters. The third-order valence-corrected chi connectivity index (χ3v) is 1.90. The Hall–Kier alpha value is -1.92. The molecule has 0 spiro atoms. The van der Waals surface area contributed by atoms with Gasteiger partial charge in [-0.2, -0.15) is 0 Å². The summed E-state index contributed by atoms with van der Waals surface area (Å²) >= 11 is 0. The van der Waals surface area contributed by atoms with E-state index in [2.05, 4.69) is 14.2 Å². The number of alkyl halides is 2. The van der Waals surface area contributed by atoms with E-state index in [1.165, 1.54) is 0 Å². The van der Waals surface area contributed by atoms with Crippen LogP contribution < -0.4 is 9.47 Å². The van der Waals surface area contributed by atoms with Gasteiger partial charge in [0.2, 0.25) is 0 Å². The fraction of sp³-hybridized carbons (Fsp3) is 0.222. The van der Waals surface area contributed by atoms with Crippen molar-refractivity contribution in [1.29, 1.82) is 0 Å². The maximum Gasteiger partial charge on any atom is 0.586 e. The van der Waals surface area contributed by atoms with Crippen LogP contribution in [0.3, 0.4) is 0 Å². The number of carbonyl (C=O) groups is 1. The van der Waals surface area contributed by atoms with Gasteiger partial charge in [-0.1, -0.05) is 0 Å². The minimum atomic E-state index is -3.84. The molecule has 1 aliphatic rings. The lowest BCUT2D eigenvalue weighted by molar-refractivity contribution is -0.286. The summed E-state index contributed by atoms with van der Waals surface area (Å²) in [6, 6.07) is 1.44.